The van der Waals surface area contributed by atoms with Gasteiger partial charge in [0.2, 0.25) is 0 Å². The molecule has 248 valence electrons. The summed E-state index contributed by atoms with van der Waals surface area (Å²) in [5.74, 6) is 1.88. The molecular weight excluding hydrogens is 667 g/mol. The van der Waals surface area contributed by atoms with Crippen LogP contribution in [0.5, 0.6) is 0 Å². The summed E-state index contributed by atoms with van der Waals surface area (Å²) in [5, 5.41) is 3.60. The fourth-order valence-electron chi connectivity index (χ4n) is 7.01. The Kier molecular flexibility index (Phi) is 7.59. The summed E-state index contributed by atoms with van der Waals surface area (Å²) >= 11 is 1.79. The maximum Gasteiger partial charge on any atom is 0.164 e. The minimum Gasteiger partial charge on any atom is -0.262 e. The molecule has 0 saturated heterocycles. The number of nitrogens with zero attached hydrogens (tertiary/aromatic N) is 5. The minimum atomic E-state index is 0.620. The summed E-state index contributed by atoms with van der Waals surface area (Å²) < 4.78 is 2.43. The molecule has 0 bridgehead atoms. The second-order valence-electron chi connectivity index (χ2n) is 12.9. The molecule has 0 aliphatic rings. The van der Waals surface area contributed by atoms with E-state index in [-0.39, 0.29) is 0 Å². The highest BCUT2D eigenvalue weighted by molar-refractivity contribution is 7.26. The van der Waals surface area contributed by atoms with Crippen LogP contribution in [0.2, 0.25) is 0 Å². The van der Waals surface area contributed by atoms with E-state index in [1.165, 1.54) is 25.7 Å². The summed E-state index contributed by atoms with van der Waals surface area (Å²) in [7, 11) is 0. The molecule has 4 heterocycles. The predicted molar refractivity (Wildman–Crippen MR) is 218 cm³/mol. The van der Waals surface area contributed by atoms with Crippen LogP contribution < -0.4 is 0 Å². The van der Waals surface area contributed by atoms with Gasteiger partial charge in [-0.05, 0) is 46.5 Å². The molecule has 0 spiro atoms. The standard InChI is InChI=1S/C47H29N5S/c1-3-11-30(12-4-1)31-21-23-33(24-22-31)46-50-45(32-13-5-2-6-14-32)51-47(52-46)37-18-10-16-35(28-37)34-15-9-17-36(27-34)43-44-42(38-25-26-48-29-40(38)49-43)39-19-7-8-20-41(39)53-44/h1-29H. The number of hydrogen-bond acceptors (Lipinski definition) is 6. The Balaban J connectivity index is 1.07. The summed E-state index contributed by atoms with van der Waals surface area (Å²) in [6, 6.07) is 56.6. The van der Waals surface area contributed by atoms with Gasteiger partial charge in [-0.25, -0.2) is 19.9 Å². The topological polar surface area (TPSA) is 64.5 Å². The van der Waals surface area contributed by atoms with E-state index in [9.17, 15) is 0 Å². The molecule has 0 atom stereocenters. The number of rotatable bonds is 6. The van der Waals surface area contributed by atoms with Crippen molar-refractivity contribution in [2.75, 3.05) is 0 Å². The van der Waals surface area contributed by atoms with Gasteiger partial charge in [-0.3, -0.25) is 4.98 Å². The van der Waals surface area contributed by atoms with Gasteiger partial charge in [0, 0.05) is 49.3 Å². The Morgan fingerprint density at radius 3 is 1.64 bits per heavy atom. The van der Waals surface area contributed by atoms with E-state index in [1.54, 1.807) is 11.3 Å². The summed E-state index contributed by atoms with van der Waals surface area (Å²) in [6.07, 6.45) is 3.71. The zero-order valence-electron chi connectivity index (χ0n) is 28.4. The Labute approximate surface area is 310 Å². The summed E-state index contributed by atoms with van der Waals surface area (Å²) in [6.45, 7) is 0. The first-order valence-corrected chi connectivity index (χ1v) is 18.3. The molecule has 6 heteroatoms. The Hall–Kier alpha value is -6.89. The van der Waals surface area contributed by atoms with E-state index in [2.05, 4.69) is 132 Å². The van der Waals surface area contributed by atoms with Crippen molar-refractivity contribution in [2.45, 2.75) is 0 Å². The smallest absolute Gasteiger partial charge is 0.164 e. The van der Waals surface area contributed by atoms with E-state index < -0.39 is 0 Å². The first-order valence-electron chi connectivity index (χ1n) is 17.5. The van der Waals surface area contributed by atoms with E-state index in [0.29, 0.717) is 17.5 Å². The van der Waals surface area contributed by atoms with Crippen LogP contribution in [0, 0.1) is 0 Å². The normalized spacial score (nSPS) is 11.4. The number of hydrogen-bond donors (Lipinski definition) is 0. The fourth-order valence-corrected chi connectivity index (χ4v) is 8.24. The first kappa shape index (κ1) is 30.9. The SMILES string of the molecule is c1ccc(-c2ccc(-c3nc(-c4ccccc4)nc(-c4cccc(-c5cccc(-c6nc7cnccc7c7c6sc6ccccc67)c5)c4)n3)cc2)cc1. The predicted octanol–water partition coefficient (Wildman–Crippen LogP) is 12.2. The number of fused-ring (bicyclic) bond motifs is 5. The van der Waals surface area contributed by atoms with E-state index in [4.69, 9.17) is 19.9 Å². The van der Waals surface area contributed by atoms with Crippen LogP contribution in [0.25, 0.3) is 98.7 Å². The third-order valence-corrected chi connectivity index (χ3v) is 10.8. The van der Waals surface area contributed by atoms with E-state index in [1.807, 2.05) is 48.8 Å². The molecule has 10 aromatic rings. The highest BCUT2D eigenvalue weighted by Crippen LogP contribution is 2.43. The van der Waals surface area contributed by atoms with E-state index in [0.717, 1.165) is 55.5 Å². The van der Waals surface area contributed by atoms with Gasteiger partial charge in [-0.2, -0.15) is 0 Å². The molecule has 10 rings (SSSR count). The van der Waals surface area contributed by atoms with Crippen molar-refractivity contribution < 1.29 is 0 Å². The second-order valence-corrected chi connectivity index (χ2v) is 14.0. The van der Waals surface area contributed by atoms with Crippen LogP contribution in [0.1, 0.15) is 0 Å². The molecule has 53 heavy (non-hydrogen) atoms. The van der Waals surface area contributed by atoms with Crippen molar-refractivity contribution >= 4 is 42.4 Å². The van der Waals surface area contributed by atoms with E-state index >= 15 is 0 Å². The van der Waals surface area contributed by atoms with Crippen molar-refractivity contribution in [1.82, 2.24) is 24.9 Å². The molecule has 0 aliphatic carbocycles. The third kappa shape index (κ3) is 5.72. The first-order chi connectivity index (χ1) is 26.2. The lowest BCUT2D eigenvalue weighted by Gasteiger charge is -2.11. The molecule has 6 aromatic carbocycles. The fraction of sp³-hybridized carbons (Fsp3) is 0. The minimum absolute atomic E-state index is 0.620. The van der Waals surface area contributed by atoms with Crippen molar-refractivity contribution in [1.29, 1.82) is 0 Å². The number of benzene rings is 6. The van der Waals surface area contributed by atoms with Crippen molar-refractivity contribution in [3.8, 4) is 67.7 Å². The van der Waals surface area contributed by atoms with Gasteiger partial charge in [-0.1, -0.05) is 140 Å². The van der Waals surface area contributed by atoms with Gasteiger partial charge >= 0.3 is 0 Å². The average Bonchev–Trinajstić information content (AvgIpc) is 3.64. The lowest BCUT2D eigenvalue weighted by atomic mass is 9.98. The number of aromatic nitrogens is 5. The highest BCUT2D eigenvalue weighted by atomic mass is 32.1. The molecule has 0 amide bonds. The van der Waals surface area contributed by atoms with Gasteiger partial charge in [0.1, 0.15) is 0 Å². The largest absolute Gasteiger partial charge is 0.262 e. The number of thiophene rings is 1. The van der Waals surface area contributed by atoms with Gasteiger partial charge < -0.3 is 0 Å². The average molecular weight is 696 g/mol. The second kappa shape index (κ2) is 13.0. The Bertz CT molecular complexity index is 2940. The third-order valence-electron chi connectivity index (χ3n) is 9.62. The van der Waals surface area contributed by atoms with Crippen molar-refractivity contribution in [3.63, 3.8) is 0 Å². The Morgan fingerprint density at radius 2 is 0.906 bits per heavy atom. The van der Waals surface area contributed by atoms with Gasteiger partial charge in [0.15, 0.2) is 17.5 Å². The van der Waals surface area contributed by atoms with Crippen LogP contribution in [0.15, 0.2) is 176 Å². The van der Waals surface area contributed by atoms with Crippen molar-refractivity contribution in [2.24, 2.45) is 0 Å². The molecule has 4 aromatic heterocycles. The van der Waals surface area contributed by atoms with Crippen LogP contribution in [0.3, 0.4) is 0 Å². The quantitative estimate of drug-likeness (QED) is 0.173. The zero-order chi connectivity index (χ0) is 35.1. The summed E-state index contributed by atoms with van der Waals surface area (Å²) in [4.78, 5) is 24.6. The molecule has 0 radical (unpaired) electrons. The molecule has 0 saturated carbocycles. The lowest BCUT2D eigenvalue weighted by Crippen LogP contribution is -2.00. The Morgan fingerprint density at radius 1 is 0.377 bits per heavy atom. The maximum absolute atomic E-state index is 5.19. The zero-order valence-corrected chi connectivity index (χ0v) is 29.2. The van der Waals surface area contributed by atoms with Gasteiger partial charge in [0.05, 0.1) is 22.1 Å². The van der Waals surface area contributed by atoms with Crippen LogP contribution in [-0.2, 0) is 0 Å². The van der Waals surface area contributed by atoms with Crippen molar-refractivity contribution in [3.05, 3.63) is 176 Å². The molecule has 0 unspecified atom stereocenters. The number of pyridine rings is 2. The van der Waals surface area contributed by atoms with Gasteiger partial charge in [-0.15, -0.1) is 11.3 Å². The molecule has 0 fully saturated rings. The summed E-state index contributed by atoms with van der Waals surface area (Å²) in [5.41, 5.74) is 10.2. The monoisotopic (exact) mass is 695 g/mol. The van der Waals surface area contributed by atoms with Crippen LogP contribution >= 0.6 is 11.3 Å². The van der Waals surface area contributed by atoms with Crippen LogP contribution in [-0.4, -0.2) is 24.9 Å². The molecule has 0 aliphatic heterocycles. The maximum atomic E-state index is 5.19. The molecule has 0 N–H and O–H groups in total. The molecule has 5 nitrogen and oxygen atoms in total. The molecular formula is C47H29N5S. The lowest BCUT2D eigenvalue weighted by molar-refractivity contribution is 1.07. The van der Waals surface area contributed by atoms with Crippen LogP contribution in [0.4, 0.5) is 0 Å². The highest BCUT2D eigenvalue weighted by Gasteiger charge is 2.17. The van der Waals surface area contributed by atoms with Gasteiger partial charge in [0.25, 0.3) is 0 Å².